The van der Waals surface area contributed by atoms with Crippen LogP contribution in [0.4, 0.5) is 5.69 Å². The van der Waals surface area contributed by atoms with E-state index in [0.717, 1.165) is 6.42 Å². The Morgan fingerprint density at radius 2 is 1.85 bits per heavy atom. The Morgan fingerprint density at radius 3 is 2.30 bits per heavy atom. The van der Waals surface area contributed by atoms with Gasteiger partial charge < -0.3 is 16.2 Å². The molecule has 0 saturated carbocycles. The van der Waals surface area contributed by atoms with Gasteiger partial charge in [-0.2, -0.15) is 0 Å². The van der Waals surface area contributed by atoms with Crippen molar-refractivity contribution in [3.8, 4) is 0 Å². The Kier molecular flexibility index (Phi) is 6.18. The van der Waals surface area contributed by atoms with E-state index >= 15 is 0 Å². The first-order valence-corrected chi connectivity index (χ1v) is 6.75. The van der Waals surface area contributed by atoms with Gasteiger partial charge in [0, 0.05) is 12.1 Å². The quantitative estimate of drug-likeness (QED) is 0.713. The van der Waals surface area contributed by atoms with Crippen LogP contribution in [0.25, 0.3) is 0 Å². The number of carbonyl (C=O) groups excluding carboxylic acids is 1. The third-order valence-corrected chi connectivity index (χ3v) is 3.03. The topological polar surface area (TPSA) is 92.4 Å². The van der Waals surface area contributed by atoms with Gasteiger partial charge in [-0.05, 0) is 49.1 Å². The van der Waals surface area contributed by atoms with Gasteiger partial charge in [-0.15, -0.1) is 0 Å². The van der Waals surface area contributed by atoms with Crippen molar-refractivity contribution in [3.05, 3.63) is 29.8 Å². The second-order valence-corrected chi connectivity index (χ2v) is 5.37. The number of hydrogen-bond acceptors (Lipinski definition) is 3. The van der Waals surface area contributed by atoms with Gasteiger partial charge in [0.25, 0.3) is 0 Å². The fourth-order valence-corrected chi connectivity index (χ4v) is 2.10. The van der Waals surface area contributed by atoms with E-state index in [4.69, 9.17) is 10.8 Å². The van der Waals surface area contributed by atoms with Gasteiger partial charge in [-0.1, -0.05) is 13.8 Å². The van der Waals surface area contributed by atoms with Gasteiger partial charge in [0.05, 0.1) is 5.56 Å². The van der Waals surface area contributed by atoms with Crippen LogP contribution in [0.15, 0.2) is 24.3 Å². The smallest absolute Gasteiger partial charge is 0.335 e. The van der Waals surface area contributed by atoms with E-state index in [1.807, 2.05) is 0 Å². The van der Waals surface area contributed by atoms with Crippen LogP contribution in [0.5, 0.6) is 0 Å². The molecule has 0 heterocycles. The number of carbonyl (C=O) groups is 2. The standard InChI is InChI=1S/C15H22N2O3/c1-10(2)7-11(9-16)8-14(18)17-13-5-3-12(4-6-13)15(19)20/h3-6,10-11H,7-9,16H2,1-2H3,(H,17,18)(H,19,20)/t11-/m0/s1. The van der Waals surface area contributed by atoms with E-state index < -0.39 is 5.97 Å². The summed E-state index contributed by atoms with van der Waals surface area (Å²) in [5, 5.41) is 11.5. The zero-order valence-corrected chi connectivity index (χ0v) is 11.9. The molecule has 110 valence electrons. The molecule has 5 nitrogen and oxygen atoms in total. The first kappa shape index (κ1) is 16.2. The molecule has 0 fully saturated rings. The molecule has 0 aliphatic carbocycles. The predicted molar refractivity (Wildman–Crippen MR) is 78.6 cm³/mol. The van der Waals surface area contributed by atoms with Crippen LogP contribution >= 0.6 is 0 Å². The molecule has 4 N–H and O–H groups in total. The van der Waals surface area contributed by atoms with Crippen molar-refractivity contribution in [3.63, 3.8) is 0 Å². The van der Waals surface area contributed by atoms with Crippen LogP contribution < -0.4 is 11.1 Å². The number of carboxylic acids is 1. The first-order valence-electron chi connectivity index (χ1n) is 6.75. The molecule has 1 rings (SSSR count). The Balaban J connectivity index is 2.55. The van der Waals surface area contributed by atoms with Crippen LogP contribution in [-0.4, -0.2) is 23.5 Å². The number of nitrogens with two attached hydrogens (primary N) is 1. The van der Waals surface area contributed by atoms with E-state index in [2.05, 4.69) is 19.2 Å². The van der Waals surface area contributed by atoms with Gasteiger partial charge in [0.1, 0.15) is 0 Å². The van der Waals surface area contributed by atoms with E-state index in [1.54, 1.807) is 12.1 Å². The number of benzene rings is 1. The maximum Gasteiger partial charge on any atom is 0.335 e. The molecule has 0 saturated heterocycles. The lowest BCUT2D eigenvalue weighted by molar-refractivity contribution is -0.117. The lowest BCUT2D eigenvalue weighted by atomic mass is 9.94. The molecule has 1 amide bonds. The average Bonchev–Trinajstić information content (AvgIpc) is 2.37. The van der Waals surface area contributed by atoms with E-state index in [-0.39, 0.29) is 17.4 Å². The highest BCUT2D eigenvalue weighted by Gasteiger charge is 2.14. The third-order valence-electron chi connectivity index (χ3n) is 3.03. The molecule has 1 atom stereocenters. The lowest BCUT2D eigenvalue weighted by Gasteiger charge is -2.16. The highest BCUT2D eigenvalue weighted by atomic mass is 16.4. The summed E-state index contributed by atoms with van der Waals surface area (Å²) in [5.74, 6) is -0.397. The van der Waals surface area contributed by atoms with Crippen LogP contribution in [-0.2, 0) is 4.79 Å². The summed E-state index contributed by atoms with van der Waals surface area (Å²) in [7, 11) is 0. The van der Waals surface area contributed by atoms with Crippen LogP contribution in [0.1, 0.15) is 37.0 Å². The lowest BCUT2D eigenvalue weighted by Crippen LogP contribution is -2.23. The number of anilines is 1. The summed E-state index contributed by atoms with van der Waals surface area (Å²) in [4.78, 5) is 22.6. The van der Waals surface area contributed by atoms with Gasteiger partial charge in [0.2, 0.25) is 5.91 Å². The van der Waals surface area contributed by atoms with Crippen LogP contribution in [0.3, 0.4) is 0 Å². The Morgan fingerprint density at radius 1 is 1.25 bits per heavy atom. The fourth-order valence-electron chi connectivity index (χ4n) is 2.10. The number of hydrogen-bond donors (Lipinski definition) is 3. The van der Waals surface area contributed by atoms with Crippen molar-refractivity contribution in [1.29, 1.82) is 0 Å². The monoisotopic (exact) mass is 278 g/mol. The van der Waals surface area contributed by atoms with Crippen LogP contribution in [0.2, 0.25) is 0 Å². The molecule has 1 aromatic rings. The molecule has 0 aliphatic heterocycles. The minimum Gasteiger partial charge on any atom is -0.478 e. The number of aromatic carboxylic acids is 1. The SMILES string of the molecule is CC(C)C[C@H](CN)CC(=O)Nc1ccc(C(=O)O)cc1. The largest absolute Gasteiger partial charge is 0.478 e. The number of rotatable bonds is 7. The third kappa shape index (κ3) is 5.40. The maximum absolute atomic E-state index is 11.9. The second kappa shape index (κ2) is 7.65. The van der Waals surface area contributed by atoms with Crippen molar-refractivity contribution < 1.29 is 14.7 Å². The molecule has 0 bridgehead atoms. The summed E-state index contributed by atoms with van der Waals surface area (Å²) in [6.07, 6.45) is 1.30. The number of nitrogens with one attached hydrogen (secondary N) is 1. The summed E-state index contributed by atoms with van der Waals surface area (Å²) < 4.78 is 0. The van der Waals surface area contributed by atoms with Crippen molar-refractivity contribution >= 4 is 17.6 Å². The molecule has 20 heavy (non-hydrogen) atoms. The minimum atomic E-state index is -0.983. The van der Waals surface area contributed by atoms with Crippen LogP contribution in [0, 0.1) is 11.8 Å². The highest BCUT2D eigenvalue weighted by molar-refractivity contribution is 5.92. The Bertz CT molecular complexity index is 455. The molecule has 0 unspecified atom stereocenters. The molecule has 0 radical (unpaired) electrons. The zero-order valence-electron chi connectivity index (χ0n) is 11.9. The van der Waals surface area contributed by atoms with Crippen molar-refractivity contribution in [2.45, 2.75) is 26.7 Å². The molecular weight excluding hydrogens is 256 g/mol. The predicted octanol–water partition coefficient (Wildman–Crippen LogP) is 2.33. The first-order chi connectivity index (χ1) is 9.42. The number of carboxylic acid groups (broad SMARTS) is 1. The minimum absolute atomic E-state index is 0.0934. The Labute approximate surface area is 119 Å². The molecule has 0 spiro atoms. The summed E-state index contributed by atoms with van der Waals surface area (Å²) in [6.45, 7) is 4.69. The fraction of sp³-hybridized carbons (Fsp3) is 0.467. The average molecular weight is 278 g/mol. The summed E-state index contributed by atoms with van der Waals surface area (Å²) in [5.41, 5.74) is 6.47. The maximum atomic E-state index is 11.9. The molecular formula is C15H22N2O3. The second-order valence-electron chi connectivity index (χ2n) is 5.37. The van der Waals surface area contributed by atoms with Crippen molar-refractivity contribution in [1.82, 2.24) is 0 Å². The van der Waals surface area contributed by atoms with E-state index in [1.165, 1.54) is 12.1 Å². The number of amides is 1. The summed E-state index contributed by atoms with van der Waals surface area (Å²) >= 11 is 0. The summed E-state index contributed by atoms with van der Waals surface area (Å²) in [6, 6.07) is 6.10. The van der Waals surface area contributed by atoms with Gasteiger partial charge >= 0.3 is 5.97 Å². The van der Waals surface area contributed by atoms with E-state index in [9.17, 15) is 9.59 Å². The van der Waals surface area contributed by atoms with Gasteiger partial charge in [0.15, 0.2) is 0 Å². The van der Waals surface area contributed by atoms with E-state index in [0.29, 0.717) is 24.6 Å². The Hall–Kier alpha value is -1.88. The molecule has 5 heteroatoms. The van der Waals surface area contributed by atoms with Gasteiger partial charge in [-0.25, -0.2) is 4.79 Å². The van der Waals surface area contributed by atoms with Crippen molar-refractivity contribution in [2.75, 3.05) is 11.9 Å². The molecule has 0 aliphatic rings. The highest BCUT2D eigenvalue weighted by Crippen LogP contribution is 2.16. The molecule has 0 aromatic heterocycles. The molecule has 1 aromatic carbocycles. The zero-order chi connectivity index (χ0) is 15.1. The normalized spacial score (nSPS) is 12.2. The van der Waals surface area contributed by atoms with Crippen molar-refractivity contribution in [2.24, 2.45) is 17.6 Å². The van der Waals surface area contributed by atoms with Gasteiger partial charge in [-0.3, -0.25) is 4.79 Å².